The summed E-state index contributed by atoms with van der Waals surface area (Å²) < 4.78 is 0. The molecule has 0 spiro atoms. The maximum absolute atomic E-state index is 12.1. The molecule has 0 saturated heterocycles. The third kappa shape index (κ3) is 6.73. The normalized spacial score (nSPS) is 12.7. The van der Waals surface area contributed by atoms with Crippen LogP contribution in [0, 0.1) is 15.5 Å². The summed E-state index contributed by atoms with van der Waals surface area (Å²) in [5, 5.41) is 28.9. The van der Waals surface area contributed by atoms with Crippen molar-refractivity contribution in [1.82, 2.24) is 10.3 Å². The van der Waals surface area contributed by atoms with Gasteiger partial charge in [0.25, 0.3) is 5.96 Å². The molecule has 1 aromatic carbocycles. The number of guanidine groups is 1. The second-order valence-corrected chi connectivity index (χ2v) is 5.58. The van der Waals surface area contributed by atoms with Gasteiger partial charge in [-0.1, -0.05) is 35.3 Å². The number of carboxylic acids is 1. The van der Waals surface area contributed by atoms with Crippen molar-refractivity contribution in [2.45, 2.75) is 31.3 Å². The summed E-state index contributed by atoms with van der Waals surface area (Å²) in [5.41, 5.74) is 11.7. The van der Waals surface area contributed by atoms with Crippen molar-refractivity contribution in [1.29, 1.82) is 5.41 Å². The quantitative estimate of drug-likeness (QED) is 0.155. The fourth-order valence-corrected chi connectivity index (χ4v) is 2.23. The van der Waals surface area contributed by atoms with Crippen LogP contribution in [0.2, 0.25) is 0 Å². The summed E-state index contributed by atoms with van der Waals surface area (Å²) in [6.07, 6.45) is 0.209. The summed E-state index contributed by atoms with van der Waals surface area (Å²) >= 11 is 0. The number of hydrazine groups is 1. The van der Waals surface area contributed by atoms with Crippen LogP contribution in [0.25, 0.3) is 0 Å². The lowest BCUT2D eigenvalue weighted by molar-refractivity contribution is -0.629. The van der Waals surface area contributed by atoms with Crippen LogP contribution in [0.3, 0.4) is 0 Å². The molecule has 0 radical (unpaired) electrons. The zero-order valence-electron chi connectivity index (χ0n) is 14.0. The number of benzene rings is 1. The van der Waals surface area contributed by atoms with Gasteiger partial charge in [-0.2, -0.15) is 0 Å². The number of nitrogens with one attached hydrogen (secondary N) is 2. The molecule has 0 aliphatic heterocycles. The lowest BCUT2D eigenvalue weighted by Crippen LogP contribution is -2.49. The van der Waals surface area contributed by atoms with Crippen molar-refractivity contribution in [3.63, 3.8) is 0 Å². The van der Waals surface area contributed by atoms with Gasteiger partial charge in [0.2, 0.25) is 5.91 Å². The van der Waals surface area contributed by atoms with Crippen LogP contribution >= 0.6 is 0 Å². The van der Waals surface area contributed by atoms with Crippen LogP contribution in [-0.4, -0.2) is 51.6 Å². The maximum Gasteiger partial charge on any atom is 0.326 e. The number of carboxylic acid groups (broad SMARTS) is 1. The molecular formula is C15H22N6O5. The first-order chi connectivity index (χ1) is 12.2. The highest BCUT2D eigenvalue weighted by molar-refractivity contribution is 5.87. The smallest absolute Gasteiger partial charge is 0.326 e. The average Bonchev–Trinajstić information content (AvgIpc) is 2.57. The van der Waals surface area contributed by atoms with Crippen molar-refractivity contribution in [2.24, 2.45) is 11.5 Å². The lowest BCUT2D eigenvalue weighted by atomic mass is 10.1. The van der Waals surface area contributed by atoms with E-state index in [4.69, 9.17) is 16.9 Å². The number of carbonyl (C=O) groups is 2. The summed E-state index contributed by atoms with van der Waals surface area (Å²) in [7, 11) is 0. The molecule has 0 fully saturated rings. The lowest BCUT2D eigenvalue weighted by Gasteiger charge is -2.18. The highest BCUT2D eigenvalue weighted by atomic mass is 16.7. The van der Waals surface area contributed by atoms with Crippen molar-refractivity contribution >= 4 is 17.8 Å². The molecule has 142 valence electrons. The Bertz CT molecular complexity index is 639. The number of nitro groups is 1. The van der Waals surface area contributed by atoms with Gasteiger partial charge < -0.3 is 21.9 Å². The second kappa shape index (κ2) is 9.93. The van der Waals surface area contributed by atoms with E-state index >= 15 is 0 Å². The molecule has 26 heavy (non-hydrogen) atoms. The molecule has 11 nitrogen and oxygen atoms in total. The van der Waals surface area contributed by atoms with E-state index in [1.54, 1.807) is 24.3 Å². The first kappa shape index (κ1) is 20.8. The Morgan fingerprint density at radius 2 is 1.96 bits per heavy atom. The number of aliphatic carboxylic acids is 1. The van der Waals surface area contributed by atoms with Crippen molar-refractivity contribution in [3.8, 4) is 0 Å². The molecule has 1 rings (SSSR count). The SMILES string of the molecule is N=C(N)N(CCCC(NC(=O)[C@@H](N)Cc1ccccc1)C(=O)O)[N+](=O)[O-]. The Morgan fingerprint density at radius 3 is 2.46 bits per heavy atom. The van der Waals surface area contributed by atoms with E-state index in [-0.39, 0.29) is 25.8 Å². The third-order valence-corrected chi connectivity index (χ3v) is 3.59. The highest BCUT2D eigenvalue weighted by Gasteiger charge is 2.25. The molecule has 0 aromatic heterocycles. The zero-order valence-corrected chi connectivity index (χ0v) is 14.0. The van der Waals surface area contributed by atoms with E-state index in [1.165, 1.54) is 0 Å². The standard InChI is InChI=1S/C15H22N6O5/c16-11(9-10-5-2-1-3-6-10)13(22)19-12(14(23)24)7-4-8-20(15(17)18)21(25)26/h1-3,5-6,11-12H,4,7-9,16H2,(H3,17,18)(H,19,22)(H,23,24)/t11-,12?/m0/s1. The molecule has 2 atom stereocenters. The zero-order chi connectivity index (χ0) is 19.7. The number of nitrogens with zero attached hydrogens (tertiary/aromatic N) is 2. The second-order valence-electron chi connectivity index (χ2n) is 5.58. The minimum absolute atomic E-state index is 0.0335. The van der Waals surface area contributed by atoms with E-state index in [0.29, 0.717) is 5.01 Å². The number of rotatable bonds is 10. The first-order valence-electron chi connectivity index (χ1n) is 7.81. The predicted octanol–water partition coefficient (Wildman–Crippen LogP) is -0.707. The van der Waals surface area contributed by atoms with Crippen LogP contribution < -0.4 is 16.8 Å². The van der Waals surface area contributed by atoms with Crippen molar-refractivity contribution in [2.75, 3.05) is 6.54 Å². The molecule has 0 heterocycles. The Kier molecular flexibility index (Phi) is 7.96. The number of amides is 1. The van der Waals surface area contributed by atoms with E-state index in [0.717, 1.165) is 5.56 Å². The first-order valence-corrected chi connectivity index (χ1v) is 7.81. The number of carbonyl (C=O) groups excluding carboxylic acids is 1. The molecule has 1 amide bonds. The topological polar surface area (TPSA) is 189 Å². The summed E-state index contributed by atoms with van der Waals surface area (Å²) in [6, 6.07) is 6.86. The third-order valence-electron chi connectivity index (χ3n) is 3.59. The summed E-state index contributed by atoms with van der Waals surface area (Å²) in [4.78, 5) is 34.1. The van der Waals surface area contributed by atoms with Crippen LogP contribution in [-0.2, 0) is 16.0 Å². The molecule has 1 aromatic rings. The Morgan fingerprint density at radius 1 is 1.35 bits per heavy atom. The van der Waals surface area contributed by atoms with Gasteiger partial charge in [0, 0.05) is 0 Å². The van der Waals surface area contributed by atoms with Gasteiger partial charge in [0.05, 0.1) is 12.6 Å². The Balaban J connectivity index is 2.56. The molecule has 0 aliphatic carbocycles. The van der Waals surface area contributed by atoms with E-state index in [1.807, 2.05) is 6.07 Å². The molecular weight excluding hydrogens is 344 g/mol. The molecule has 1 unspecified atom stereocenters. The molecule has 0 saturated carbocycles. The highest BCUT2D eigenvalue weighted by Crippen LogP contribution is 2.04. The summed E-state index contributed by atoms with van der Waals surface area (Å²) in [5.74, 6) is -2.66. The minimum Gasteiger partial charge on any atom is -0.480 e. The van der Waals surface area contributed by atoms with Gasteiger partial charge >= 0.3 is 5.97 Å². The number of nitrogens with two attached hydrogens (primary N) is 2. The van der Waals surface area contributed by atoms with Crippen LogP contribution in [0.1, 0.15) is 18.4 Å². The van der Waals surface area contributed by atoms with Crippen LogP contribution in [0.5, 0.6) is 0 Å². The minimum atomic E-state index is -1.28. The van der Waals surface area contributed by atoms with Gasteiger partial charge in [-0.3, -0.25) is 10.2 Å². The van der Waals surface area contributed by atoms with E-state index in [2.05, 4.69) is 5.32 Å². The van der Waals surface area contributed by atoms with Gasteiger partial charge in [-0.25, -0.2) is 14.9 Å². The fraction of sp³-hybridized carbons (Fsp3) is 0.400. The van der Waals surface area contributed by atoms with E-state index in [9.17, 15) is 24.8 Å². The van der Waals surface area contributed by atoms with Crippen molar-refractivity contribution < 1.29 is 19.7 Å². The molecule has 11 heteroatoms. The fourth-order valence-electron chi connectivity index (χ4n) is 2.23. The predicted molar refractivity (Wildman–Crippen MR) is 92.5 cm³/mol. The van der Waals surface area contributed by atoms with E-state index < -0.39 is 35.0 Å². The average molecular weight is 366 g/mol. The Hall–Kier alpha value is -3.21. The largest absolute Gasteiger partial charge is 0.480 e. The molecule has 0 bridgehead atoms. The molecule has 7 N–H and O–H groups in total. The van der Waals surface area contributed by atoms with Crippen LogP contribution in [0.15, 0.2) is 30.3 Å². The number of hydrogen-bond donors (Lipinski definition) is 5. The van der Waals surface area contributed by atoms with Gasteiger partial charge in [-0.05, 0) is 24.8 Å². The van der Waals surface area contributed by atoms with Gasteiger partial charge in [0.1, 0.15) is 6.04 Å². The van der Waals surface area contributed by atoms with Crippen LogP contribution in [0.4, 0.5) is 0 Å². The Labute approximate surface area is 149 Å². The van der Waals surface area contributed by atoms with Gasteiger partial charge in [0.15, 0.2) is 5.03 Å². The van der Waals surface area contributed by atoms with Gasteiger partial charge in [-0.15, -0.1) is 0 Å². The van der Waals surface area contributed by atoms with Crippen molar-refractivity contribution in [3.05, 3.63) is 46.0 Å². The monoisotopic (exact) mass is 366 g/mol. The summed E-state index contributed by atoms with van der Waals surface area (Å²) in [6.45, 7) is -0.252. The number of hydrogen-bond acceptors (Lipinski definition) is 6. The molecule has 0 aliphatic rings. The maximum atomic E-state index is 12.1.